The zero-order valence-corrected chi connectivity index (χ0v) is 12.2. The van der Waals surface area contributed by atoms with Crippen LogP contribution in [0.15, 0.2) is 24.3 Å². The summed E-state index contributed by atoms with van der Waals surface area (Å²) in [4.78, 5) is 16.3. The molecule has 0 spiro atoms. The Labute approximate surface area is 115 Å². The number of likely N-dealkylation sites (N-methyl/N-ethyl adjacent to an activating group) is 1. The predicted molar refractivity (Wildman–Crippen MR) is 78.1 cm³/mol. The molecule has 1 atom stereocenters. The maximum atomic E-state index is 12.4. The van der Waals surface area contributed by atoms with Gasteiger partial charge in [-0.15, -0.1) is 0 Å². The highest BCUT2D eigenvalue weighted by atomic mass is 16.2. The van der Waals surface area contributed by atoms with Gasteiger partial charge in [-0.3, -0.25) is 4.79 Å². The van der Waals surface area contributed by atoms with Crippen molar-refractivity contribution in [1.29, 1.82) is 0 Å². The van der Waals surface area contributed by atoms with Crippen LogP contribution in [0.5, 0.6) is 0 Å². The molecule has 0 bridgehead atoms. The fourth-order valence-corrected chi connectivity index (χ4v) is 2.75. The molecule has 104 valence electrons. The lowest BCUT2D eigenvalue weighted by atomic mass is 9.94. The zero-order chi connectivity index (χ0) is 14.2. The molecule has 4 nitrogen and oxygen atoms in total. The van der Waals surface area contributed by atoms with Crippen LogP contribution in [0.4, 0.5) is 5.69 Å². The Balaban J connectivity index is 2.44. The van der Waals surface area contributed by atoms with E-state index in [1.807, 2.05) is 46.0 Å². The summed E-state index contributed by atoms with van der Waals surface area (Å²) in [5.41, 5.74) is 7.68. The molecule has 0 radical (unpaired) electrons. The second kappa shape index (κ2) is 4.85. The third kappa shape index (κ3) is 2.32. The second-order valence-electron chi connectivity index (χ2n) is 5.78. The third-order valence-electron chi connectivity index (χ3n) is 3.92. The van der Waals surface area contributed by atoms with Crippen molar-refractivity contribution in [2.45, 2.75) is 32.4 Å². The number of benzene rings is 1. The molecule has 1 unspecified atom stereocenters. The molecule has 1 amide bonds. The second-order valence-corrected chi connectivity index (χ2v) is 5.78. The molecular formula is C15H23N3O. The smallest absolute Gasteiger partial charge is 0.247 e. The molecule has 19 heavy (non-hydrogen) atoms. The molecule has 1 aromatic rings. The van der Waals surface area contributed by atoms with Gasteiger partial charge in [-0.25, -0.2) is 0 Å². The quantitative estimate of drug-likeness (QED) is 0.882. The van der Waals surface area contributed by atoms with Gasteiger partial charge in [-0.2, -0.15) is 0 Å². The first kappa shape index (κ1) is 13.9. The van der Waals surface area contributed by atoms with Crippen molar-refractivity contribution in [2.24, 2.45) is 5.73 Å². The van der Waals surface area contributed by atoms with Gasteiger partial charge in [-0.1, -0.05) is 18.2 Å². The molecule has 1 saturated heterocycles. The van der Waals surface area contributed by atoms with E-state index in [0.717, 1.165) is 24.3 Å². The van der Waals surface area contributed by atoms with Crippen molar-refractivity contribution >= 4 is 11.6 Å². The zero-order valence-electron chi connectivity index (χ0n) is 12.2. The number of hydrogen-bond donors (Lipinski definition) is 1. The minimum absolute atomic E-state index is 0.0400. The van der Waals surface area contributed by atoms with Crippen LogP contribution in [0.3, 0.4) is 0 Å². The number of piperazine rings is 1. The summed E-state index contributed by atoms with van der Waals surface area (Å²) in [6.07, 6.45) is 0. The first-order valence-electron chi connectivity index (χ1n) is 6.73. The van der Waals surface area contributed by atoms with E-state index in [1.165, 1.54) is 0 Å². The van der Waals surface area contributed by atoms with Crippen molar-refractivity contribution in [3.63, 3.8) is 0 Å². The first-order valence-corrected chi connectivity index (χ1v) is 6.73. The maximum Gasteiger partial charge on any atom is 0.247 e. The van der Waals surface area contributed by atoms with Crippen LogP contribution in [0, 0.1) is 0 Å². The minimum atomic E-state index is -0.530. The van der Waals surface area contributed by atoms with Crippen molar-refractivity contribution in [2.75, 3.05) is 25.0 Å². The van der Waals surface area contributed by atoms with Gasteiger partial charge in [0.05, 0.1) is 0 Å². The molecule has 0 aliphatic carbocycles. The van der Waals surface area contributed by atoms with Gasteiger partial charge < -0.3 is 15.5 Å². The fraction of sp³-hybridized carbons (Fsp3) is 0.533. The fourth-order valence-electron chi connectivity index (χ4n) is 2.75. The van der Waals surface area contributed by atoms with E-state index in [4.69, 9.17) is 5.73 Å². The highest BCUT2D eigenvalue weighted by Gasteiger charge is 2.41. The summed E-state index contributed by atoms with van der Waals surface area (Å²) in [7, 11) is 1.86. The van der Waals surface area contributed by atoms with Gasteiger partial charge in [0.15, 0.2) is 0 Å². The highest BCUT2D eigenvalue weighted by Crippen LogP contribution is 2.33. The summed E-state index contributed by atoms with van der Waals surface area (Å²) in [6.45, 7) is 7.50. The predicted octanol–water partition coefficient (Wildman–Crippen LogP) is 1.76. The summed E-state index contributed by atoms with van der Waals surface area (Å²) >= 11 is 0. The lowest BCUT2D eigenvalue weighted by molar-refractivity contribution is -0.136. The number of hydrogen-bond acceptors (Lipinski definition) is 3. The number of carbonyl (C=O) groups is 1. The third-order valence-corrected chi connectivity index (χ3v) is 3.92. The van der Waals surface area contributed by atoms with Crippen LogP contribution in [-0.2, 0) is 4.79 Å². The molecule has 4 heteroatoms. The molecule has 1 aliphatic rings. The summed E-state index contributed by atoms with van der Waals surface area (Å²) < 4.78 is 0. The molecule has 2 N–H and O–H groups in total. The van der Waals surface area contributed by atoms with Gasteiger partial charge in [-0.05, 0) is 32.4 Å². The maximum absolute atomic E-state index is 12.4. The molecule has 1 aliphatic heterocycles. The van der Waals surface area contributed by atoms with E-state index >= 15 is 0 Å². The number of carbonyl (C=O) groups excluding carboxylic acids is 1. The average Bonchev–Trinajstić information content (AvgIpc) is 2.36. The topological polar surface area (TPSA) is 49.6 Å². The molecular weight excluding hydrogens is 238 g/mol. The van der Waals surface area contributed by atoms with Crippen LogP contribution in [0.25, 0.3) is 0 Å². The van der Waals surface area contributed by atoms with Gasteiger partial charge in [0, 0.05) is 31.9 Å². The molecule has 1 heterocycles. The minimum Gasteiger partial charge on any atom is -0.355 e. The van der Waals surface area contributed by atoms with E-state index in [9.17, 15) is 4.79 Å². The van der Waals surface area contributed by atoms with E-state index in [2.05, 4.69) is 11.0 Å². The van der Waals surface area contributed by atoms with Crippen molar-refractivity contribution < 1.29 is 4.79 Å². The molecule has 1 aromatic carbocycles. The van der Waals surface area contributed by atoms with E-state index in [1.54, 1.807) is 4.90 Å². The Morgan fingerprint density at radius 2 is 1.89 bits per heavy atom. The Morgan fingerprint density at radius 3 is 2.53 bits per heavy atom. The summed E-state index contributed by atoms with van der Waals surface area (Å²) in [5.74, 6) is 0.151. The van der Waals surface area contributed by atoms with Crippen LogP contribution in [-0.4, -0.2) is 36.5 Å². The SMILES string of the molecule is CC(N)c1ccccc1N1CCN(C)C(=O)C1(C)C. The van der Waals surface area contributed by atoms with E-state index < -0.39 is 5.54 Å². The van der Waals surface area contributed by atoms with E-state index in [0.29, 0.717) is 0 Å². The van der Waals surface area contributed by atoms with Crippen LogP contribution < -0.4 is 10.6 Å². The van der Waals surface area contributed by atoms with Crippen LogP contribution >= 0.6 is 0 Å². The standard InChI is InChI=1S/C15H23N3O/c1-11(16)12-7-5-6-8-13(12)18-10-9-17(4)14(19)15(18,2)3/h5-8,11H,9-10,16H2,1-4H3. The monoisotopic (exact) mass is 261 g/mol. The number of amides is 1. The van der Waals surface area contributed by atoms with Gasteiger partial charge in [0.25, 0.3) is 0 Å². The highest BCUT2D eigenvalue weighted by molar-refractivity contribution is 5.90. The molecule has 1 fully saturated rings. The molecule has 0 saturated carbocycles. The Hall–Kier alpha value is -1.55. The lowest BCUT2D eigenvalue weighted by Crippen LogP contribution is -2.62. The van der Waals surface area contributed by atoms with Gasteiger partial charge in [0.1, 0.15) is 5.54 Å². The van der Waals surface area contributed by atoms with Crippen molar-refractivity contribution in [3.05, 3.63) is 29.8 Å². The first-order chi connectivity index (χ1) is 8.85. The van der Waals surface area contributed by atoms with Gasteiger partial charge in [0.2, 0.25) is 5.91 Å². The Bertz CT molecular complexity index is 482. The summed E-state index contributed by atoms with van der Waals surface area (Å²) in [6, 6.07) is 8.05. The lowest BCUT2D eigenvalue weighted by Gasteiger charge is -2.47. The van der Waals surface area contributed by atoms with E-state index in [-0.39, 0.29) is 11.9 Å². The van der Waals surface area contributed by atoms with Crippen molar-refractivity contribution in [3.8, 4) is 0 Å². The molecule has 0 aromatic heterocycles. The average molecular weight is 261 g/mol. The number of para-hydroxylation sites is 1. The van der Waals surface area contributed by atoms with Crippen LogP contribution in [0.2, 0.25) is 0 Å². The largest absolute Gasteiger partial charge is 0.355 e. The molecule has 2 rings (SSSR count). The normalized spacial score (nSPS) is 20.6. The number of anilines is 1. The van der Waals surface area contributed by atoms with Gasteiger partial charge >= 0.3 is 0 Å². The Kier molecular flexibility index (Phi) is 3.54. The number of nitrogens with two attached hydrogens (primary N) is 1. The number of nitrogens with zero attached hydrogens (tertiary/aromatic N) is 2. The van der Waals surface area contributed by atoms with Crippen molar-refractivity contribution in [1.82, 2.24) is 4.90 Å². The van der Waals surface area contributed by atoms with Crippen LogP contribution in [0.1, 0.15) is 32.4 Å². The summed E-state index contributed by atoms with van der Waals surface area (Å²) in [5, 5.41) is 0. The Morgan fingerprint density at radius 1 is 1.26 bits per heavy atom. The number of rotatable bonds is 2.